The Morgan fingerprint density at radius 1 is 1.27 bits per heavy atom. The van der Waals surface area contributed by atoms with Crippen LogP contribution in [-0.2, 0) is 4.74 Å². The largest absolute Gasteiger partial charge is 0.389 e. The molecule has 0 aromatic heterocycles. The summed E-state index contributed by atoms with van der Waals surface area (Å²) in [7, 11) is 0. The van der Waals surface area contributed by atoms with Crippen LogP contribution in [0.4, 0.5) is 0 Å². The molecule has 1 aliphatic rings. The average Bonchev–Trinajstić information content (AvgIpc) is 2.51. The predicted molar refractivity (Wildman–Crippen MR) is 61.9 cm³/mol. The van der Waals surface area contributed by atoms with Crippen molar-refractivity contribution in [3.8, 4) is 0 Å². The fourth-order valence-corrected chi connectivity index (χ4v) is 1.98. The van der Waals surface area contributed by atoms with E-state index in [0.29, 0.717) is 19.3 Å². The molecule has 0 spiro atoms. The molecule has 15 heavy (non-hydrogen) atoms. The topological polar surface area (TPSA) is 41.5 Å². The standard InChI is InChI=1S/C12H25NO2/c1-9(2)5-4-6-10(3)13-11-7-15-8-12(11)14/h9-14H,4-8H2,1-3H3. The quantitative estimate of drug-likeness (QED) is 0.706. The zero-order valence-electron chi connectivity index (χ0n) is 10.2. The summed E-state index contributed by atoms with van der Waals surface area (Å²) in [6, 6.07) is 0.615. The Kier molecular flexibility index (Phi) is 5.58. The van der Waals surface area contributed by atoms with Crippen molar-refractivity contribution in [3.63, 3.8) is 0 Å². The SMILES string of the molecule is CC(C)CCCC(C)NC1COCC1O. The summed E-state index contributed by atoms with van der Waals surface area (Å²) in [5.74, 6) is 0.789. The third-order valence-corrected chi connectivity index (χ3v) is 2.97. The van der Waals surface area contributed by atoms with Crippen molar-refractivity contribution in [3.05, 3.63) is 0 Å². The third kappa shape index (κ3) is 4.96. The van der Waals surface area contributed by atoms with Gasteiger partial charge < -0.3 is 15.2 Å². The molecule has 0 bridgehead atoms. The highest BCUT2D eigenvalue weighted by molar-refractivity contribution is 4.82. The van der Waals surface area contributed by atoms with Crippen molar-refractivity contribution in [2.75, 3.05) is 13.2 Å². The van der Waals surface area contributed by atoms with Crippen LogP contribution in [0.3, 0.4) is 0 Å². The highest BCUT2D eigenvalue weighted by Gasteiger charge is 2.26. The Labute approximate surface area is 93.2 Å². The minimum absolute atomic E-state index is 0.138. The number of rotatable bonds is 6. The van der Waals surface area contributed by atoms with Gasteiger partial charge in [0.25, 0.3) is 0 Å². The molecule has 0 aromatic rings. The van der Waals surface area contributed by atoms with Gasteiger partial charge in [-0.25, -0.2) is 0 Å². The second-order valence-electron chi connectivity index (χ2n) is 5.10. The molecule has 3 nitrogen and oxygen atoms in total. The van der Waals surface area contributed by atoms with Gasteiger partial charge in [-0.3, -0.25) is 0 Å². The molecular formula is C12H25NO2. The number of ether oxygens (including phenoxy) is 1. The van der Waals surface area contributed by atoms with Crippen molar-refractivity contribution in [2.45, 2.75) is 58.2 Å². The van der Waals surface area contributed by atoms with Gasteiger partial charge in [0.05, 0.1) is 25.4 Å². The summed E-state index contributed by atoms with van der Waals surface area (Å²) >= 11 is 0. The molecule has 1 rings (SSSR count). The normalized spacial score (nSPS) is 28.6. The van der Waals surface area contributed by atoms with E-state index in [0.717, 1.165) is 5.92 Å². The Balaban J connectivity index is 2.09. The van der Waals surface area contributed by atoms with Crippen LogP contribution in [0.15, 0.2) is 0 Å². The Hall–Kier alpha value is -0.120. The molecule has 1 aliphatic heterocycles. The van der Waals surface area contributed by atoms with Gasteiger partial charge in [0.15, 0.2) is 0 Å². The van der Waals surface area contributed by atoms with Gasteiger partial charge in [-0.2, -0.15) is 0 Å². The number of aliphatic hydroxyl groups is 1. The summed E-state index contributed by atoms with van der Waals surface area (Å²) in [6.45, 7) is 7.83. The Morgan fingerprint density at radius 3 is 2.53 bits per heavy atom. The minimum atomic E-state index is -0.322. The summed E-state index contributed by atoms with van der Waals surface area (Å²) in [4.78, 5) is 0. The van der Waals surface area contributed by atoms with Gasteiger partial charge in [0, 0.05) is 6.04 Å². The van der Waals surface area contributed by atoms with Crippen LogP contribution in [0.2, 0.25) is 0 Å². The van der Waals surface area contributed by atoms with E-state index >= 15 is 0 Å². The van der Waals surface area contributed by atoms with E-state index in [1.807, 2.05) is 0 Å². The first-order valence-corrected chi connectivity index (χ1v) is 6.11. The molecule has 3 atom stereocenters. The number of aliphatic hydroxyl groups excluding tert-OH is 1. The fourth-order valence-electron chi connectivity index (χ4n) is 1.98. The number of nitrogens with one attached hydrogen (secondary N) is 1. The third-order valence-electron chi connectivity index (χ3n) is 2.97. The maximum atomic E-state index is 9.56. The van der Waals surface area contributed by atoms with E-state index in [1.54, 1.807) is 0 Å². The highest BCUT2D eigenvalue weighted by atomic mass is 16.5. The van der Waals surface area contributed by atoms with Crippen LogP contribution >= 0.6 is 0 Å². The average molecular weight is 215 g/mol. The van der Waals surface area contributed by atoms with Gasteiger partial charge in [-0.1, -0.05) is 26.7 Å². The van der Waals surface area contributed by atoms with Crippen molar-refractivity contribution < 1.29 is 9.84 Å². The molecule has 2 N–H and O–H groups in total. The molecule has 0 aliphatic carbocycles. The van der Waals surface area contributed by atoms with Gasteiger partial charge in [0.2, 0.25) is 0 Å². The molecule has 3 unspecified atom stereocenters. The number of hydrogen-bond donors (Lipinski definition) is 2. The molecule has 1 fully saturated rings. The Bertz CT molecular complexity index is 173. The molecule has 0 aromatic carbocycles. The lowest BCUT2D eigenvalue weighted by molar-refractivity contribution is 0.121. The van der Waals surface area contributed by atoms with E-state index in [4.69, 9.17) is 4.74 Å². The second kappa shape index (κ2) is 6.46. The molecule has 1 heterocycles. The molecular weight excluding hydrogens is 190 g/mol. The first-order valence-electron chi connectivity index (χ1n) is 6.11. The summed E-state index contributed by atoms with van der Waals surface area (Å²) in [5, 5.41) is 13.0. The van der Waals surface area contributed by atoms with Gasteiger partial charge >= 0.3 is 0 Å². The van der Waals surface area contributed by atoms with Crippen molar-refractivity contribution >= 4 is 0 Å². The van der Waals surface area contributed by atoms with Crippen LogP contribution in [0, 0.1) is 5.92 Å². The first kappa shape index (κ1) is 12.9. The van der Waals surface area contributed by atoms with Crippen molar-refractivity contribution in [2.24, 2.45) is 5.92 Å². The highest BCUT2D eigenvalue weighted by Crippen LogP contribution is 2.11. The number of hydrogen-bond acceptors (Lipinski definition) is 3. The van der Waals surface area contributed by atoms with E-state index in [-0.39, 0.29) is 12.1 Å². The zero-order valence-corrected chi connectivity index (χ0v) is 10.2. The monoisotopic (exact) mass is 215 g/mol. The van der Waals surface area contributed by atoms with Crippen LogP contribution < -0.4 is 5.32 Å². The molecule has 1 saturated heterocycles. The van der Waals surface area contributed by atoms with Crippen LogP contribution in [0.5, 0.6) is 0 Å². The molecule has 0 amide bonds. The predicted octanol–water partition coefficient (Wildman–Crippen LogP) is 1.55. The van der Waals surface area contributed by atoms with Crippen LogP contribution in [0.25, 0.3) is 0 Å². The van der Waals surface area contributed by atoms with Crippen LogP contribution in [-0.4, -0.2) is 36.5 Å². The molecule has 0 saturated carbocycles. The lowest BCUT2D eigenvalue weighted by atomic mass is 10.0. The van der Waals surface area contributed by atoms with E-state index in [2.05, 4.69) is 26.1 Å². The minimum Gasteiger partial charge on any atom is -0.389 e. The van der Waals surface area contributed by atoms with Crippen LogP contribution in [0.1, 0.15) is 40.0 Å². The van der Waals surface area contributed by atoms with Gasteiger partial charge in [-0.05, 0) is 19.3 Å². The lowest BCUT2D eigenvalue weighted by Gasteiger charge is -2.20. The summed E-state index contributed by atoms with van der Waals surface area (Å²) in [6.07, 6.45) is 3.41. The Morgan fingerprint density at radius 2 is 2.00 bits per heavy atom. The van der Waals surface area contributed by atoms with Crippen molar-refractivity contribution in [1.82, 2.24) is 5.32 Å². The molecule has 90 valence electrons. The molecule has 3 heteroatoms. The summed E-state index contributed by atoms with van der Waals surface area (Å²) in [5.41, 5.74) is 0. The van der Waals surface area contributed by atoms with E-state index < -0.39 is 0 Å². The smallest absolute Gasteiger partial charge is 0.0948 e. The first-order chi connectivity index (χ1) is 7.09. The lowest BCUT2D eigenvalue weighted by Crippen LogP contribution is -2.43. The maximum Gasteiger partial charge on any atom is 0.0948 e. The maximum absolute atomic E-state index is 9.56. The zero-order chi connectivity index (χ0) is 11.3. The second-order valence-corrected chi connectivity index (χ2v) is 5.10. The summed E-state index contributed by atoms with van der Waals surface area (Å²) < 4.78 is 5.20. The van der Waals surface area contributed by atoms with Crippen molar-refractivity contribution in [1.29, 1.82) is 0 Å². The molecule has 0 radical (unpaired) electrons. The van der Waals surface area contributed by atoms with E-state index in [9.17, 15) is 5.11 Å². The fraction of sp³-hybridized carbons (Fsp3) is 1.00. The van der Waals surface area contributed by atoms with E-state index in [1.165, 1.54) is 19.3 Å². The van der Waals surface area contributed by atoms with Gasteiger partial charge in [-0.15, -0.1) is 0 Å². The van der Waals surface area contributed by atoms with Gasteiger partial charge in [0.1, 0.15) is 0 Å².